The number of rotatable bonds is 0. The lowest BCUT2D eigenvalue weighted by Crippen LogP contribution is -2.46. The Morgan fingerprint density at radius 3 is 3.15 bits per heavy atom. The lowest BCUT2D eigenvalue weighted by Gasteiger charge is -2.37. The third kappa shape index (κ3) is 1.53. The fraction of sp³-hybridized carbons (Fsp3) is 0.667. The number of halogens is 1. The number of hydrogen-bond acceptors (Lipinski definition) is 2. The van der Waals surface area contributed by atoms with Crippen molar-refractivity contribution in [2.45, 2.75) is 6.42 Å². The Balaban J connectivity index is 2.27. The molecule has 1 saturated heterocycles. The second kappa shape index (κ2) is 3.42. The number of amides is 1. The topological polar surface area (TPSA) is 32.3 Å². The van der Waals surface area contributed by atoms with Gasteiger partial charge in [0.25, 0.3) is 0 Å². The highest BCUT2D eigenvalue weighted by molar-refractivity contribution is 9.11. The molecule has 2 atom stereocenters. The van der Waals surface area contributed by atoms with E-state index < -0.39 is 0 Å². The van der Waals surface area contributed by atoms with Gasteiger partial charge in [0.15, 0.2) is 0 Å². The molecule has 0 aromatic heterocycles. The largest absolute Gasteiger partial charge is 0.321 e. The van der Waals surface area contributed by atoms with Gasteiger partial charge in [0, 0.05) is 36.1 Å². The maximum atomic E-state index is 11.7. The molecule has 0 bridgehead atoms. The Kier molecular flexibility index (Phi) is 2.43. The minimum atomic E-state index is 0.186. The van der Waals surface area contributed by atoms with Crippen LogP contribution < -0.4 is 5.32 Å². The van der Waals surface area contributed by atoms with Crippen LogP contribution in [0.5, 0.6) is 0 Å². The van der Waals surface area contributed by atoms with Crippen LogP contribution in [0.4, 0.5) is 0 Å². The molecule has 0 spiro atoms. The Bertz CT molecular complexity index is 264. The molecule has 2 rings (SSSR count). The molecule has 2 aliphatic heterocycles. The Morgan fingerprint density at radius 2 is 2.38 bits per heavy atom. The van der Waals surface area contributed by atoms with E-state index in [1.165, 1.54) is 0 Å². The molecule has 3 nitrogen and oxygen atoms in total. The highest BCUT2D eigenvalue weighted by Crippen LogP contribution is 2.34. The fourth-order valence-corrected chi connectivity index (χ4v) is 2.84. The predicted octanol–water partition coefficient (Wildman–Crippen LogP) is 0.920. The molecule has 2 heterocycles. The number of piperidine rings is 1. The van der Waals surface area contributed by atoms with Crippen LogP contribution in [0.25, 0.3) is 0 Å². The molecule has 0 saturated carbocycles. The highest BCUT2D eigenvalue weighted by Gasteiger charge is 2.37. The Hall–Kier alpha value is -0.350. The van der Waals surface area contributed by atoms with Crippen molar-refractivity contribution < 1.29 is 4.79 Å². The van der Waals surface area contributed by atoms with Crippen molar-refractivity contribution in [1.82, 2.24) is 10.2 Å². The Labute approximate surface area is 86.3 Å². The second-order valence-corrected chi connectivity index (χ2v) is 4.58. The van der Waals surface area contributed by atoms with Crippen molar-refractivity contribution in [3.8, 4) is 0 Å². The van der Waals surface area contributed by atoms with Crippen LogP contribution in [0, 0.1) is 11.8 Å². The summed E-state index contributed by atoms with van der Waals surface area (Å²) in [6.45, 7) is 1.88. The average molecular weight is 245 g/mol. The summed E-state index contributed by atoms with van der Waals surface area (Å²) in [5.74, 6) is 0.803. The lowest BCUT2D eigenvalue weighted by atomic mass is 9.83. The summed E-state index contributed by atoms with van der Waals surface area (Å²) in [5.41, 5.74) is 0. The predicted molar refractivity (Wildman–Crippen MR) is 54.2 cm³/mol. The van der Waals surface area contributed by atoms with Gasteiger partial charge in [0.05, 0.1) is 0 Å². The summed E-state index contributed by atoms with van der Waals surface area (Å²) in [6, 6.07) is 0. The van der Waals surface area contributed by atoms with Crippen molar-refractivity contribution in [2.75, 3.05) is 20.1 Å². The van der Waals surface area contributed by atoms with Gasteiger partial charge in [0.1, 0.15) is 0 Å². The number of nitrogens with zero attached hydrogens (tertiary/aromatic N) is 1. The van der Waals surface area contributed by atoms with E-state index in [1.54, 1.807) is 4.90 Å². The summed E-state index contributed by atoms with van der Waals surface area (Å²) in [6.07, 6.45) is 2.84. The minimum Gasteiger partial charge on any atom is -0.321 e. The molecule has 1 amide bonds. The van der Waals surface area contributed by atoms with E-state index in [0.29, 0.717) is 5.92 Å². The molecule has 1 fully saturated rings. The van der Waals surface area contributed by atoms with Crippen molar-refractivity contribution in [3.63, 3.8) is 0 Å². The number of nitrogens with one attached hydrogen (secondary N) is 1. The molecule has 0 aromatic carbocycles. The molecule has 0 aromatic rings. The van der Waals surface area contributed by atoms with Crippen LogP contribution in [0.1, 0.15) is 6.42 Å². The number of carbonyl (C=O) groups excluding carboxylic acids is 1. The van der Waals surface area contributed by atoms with Crippen LogP contribution in [-0.2, 0) is 4.79 Å². The molecule has 2 unspecified atom stereocenters. The fourth-order valence-electron chi connectivity index (χ4n) is 2.05. The van der Waals surface area contributed by atoms with Gasteiger partial charge in [-0.05, 0) is 13.0 Å². The highest BCUT2D eigenvalue weighted by atomic mass is 79.9. The van der Waals surface area contributed by atoms with E-state index in [4.69, 9.17) is 0 Å². The summed E-state index contributed by atoms with van der Waals surface area (Å²) in [5, 5.41) is 3.31. The first-order valence-corrected chi connectivity index (χ1v) is 5.34. The van der Waals surface area contributed by atoms with Crippen LogP contribution >= 0.6 is 15.9 Å². The van der Waals surface area contributed by atoms with Crippen LogP contribution in [0.15, 0.2) is 10.7 Å². The van der Waals surface area contributed by atoms with Crippen molar-refractivity contribution in [3.05, 3.63) is 10.7 Å². The third-order valence-electron chi connectivity index (χ3n) is 2.82. The molecular weight excluding hydrogens is 232 g/mol. The third-order valence-corrected chi connectivity index (χ3v) is 3.61. The van der Waals surface area contributed by atoms with E-state index in [9.17, 15) is 4.79 Å². The first-order valence-electron chi connectivity index (χ1n) is 4.55. The zero-order valence-corrected chi connectivity index (χ0v) is 9.17. The van der Waals surface area contributed by atoms with Crippen LogP contribution in [0.3, 0.4) is 0 Å². The molecule has 1 N–H and O–H groups in total. The minimum absolute atomic E-state index is 0.186. The van der Waals surface area contributed by atoms with Crippen LogP contribution in [0.2, 0.25) is 0 Å². The average Bonchev–Trinajstić information content (AvgIpc) is 2.15. The van der Waals surface area contributed by atoms with Gasteiger partial charge in [-0.2, -0.15) is 0 Å². The number of carbonyl (C=O) groups is 1. The smallest absolute Gasteiger partial charge is 0.230 e. The van der Waals surface area contributed by atoms with E-state index >= 15 is 0 Å². The molecule has 0 aliphatic carbocycles. The van der Waals surface area contributed by atoms with Crippen molar-refractivity contribution in [1.29, 1.82) is 0 Å². The standard InChI is InChI=1S/C9H13BrN2O/c1-12-5-8(10)7-4-11-3-2-6(7)9(12)13/h5-7,11H,2-4H2,1H3. The van der Waals surface area contributed by atoms with Gasteiger partial charge in [0.2, 0.25) is 5.91 Å². The maximum Gasteiger partial charge on any atom is 0.230 e. The molecule has 4 heteroatoms. The maximum absolute atomic E-state index is 11.7. The van der Waals surface area contributed by atoms with E-state index in [0.717, 1.165) is 24.0 Å². The zero-order valence-electron chi connectivity index (χ0n) is 7.59. The lowest BCUT2D eigenvalue weighted by molar-refractivity contribution is -0.134. The van der Waals surface area contributed by atoms with Gasteiger partial charge in [-0.15, -0.1) is 0 Å². The van der Waals surface area contributed by atoms with E-state index in [2.05, 4.69) is 21.2 Å². The SMILES string of the molecule is CN1C=C(Br)C2CNCCC2C1=O. The molecule has 0 radical (unpaired) electrons. The monoisotopic (exact) mass is 244 g/mol. The quantitative estimate of drug-likeness (QED) is 0.688. The summed E-state index contributed by atoms with van der Waals surface area (Å²) in [4.78, 5) is 13.4. The summed E-state index contributed by atoms with van der Waals surface area (Å²) < 4.78 is 1.15. The number of fused-ring (bicyclic) bond motifs is 1. The van der Waals surface area contributed by atoms with Gasteiger partial charge in [-0.1, -0.05) is 15.9 Å². The molecular formula is C9H13BrN2O. The summed E-state index contributed by atoms with van der Waals surface area (Å²) in [7, 11) is 1.82. The number of hydrogen-bond donors (Lipinski definition) is 1. The normalized spacial score (nSPS) is 34.2. The first-order chi connectivity index (χ1) is 6.20. The van der Waals surface area contributed by atoms with Crippen molar-refractivity contribution in [2.24, 2.45) is 11.8 Å². The van der Waals surface area contributed by atoms with Gasteiger partial charge in [-0.25, -0.2) is 0 Å². The molecule has 2 aliphatic rings. The molecule has 72 valence electrons. The first kappa shape index (κ1) is 9.21. The zero-order chi connectivity index (χ0) is 9.42. The van der Waals surface area contributed by atoms with Gasteiger partial charge in [-0.3, -0.25) is 4.79 Å². The van der Waals surface area contributed by atoms with Gasteiger partial charge < -0.3 is 10.2 Å². The summed E-state index contributed by atoms with van der Waals surface area (Å²) >= 11 is 3.53. The second-order valence-electron chi connectivity index (χ2n) is 3.67. The Morgan fingerprint density at radius 1 is 1.62 bits per heavy atom. The van der Waals surface area contributed by atoms with E-state index in [-0.39, 0.29) is 11.8 Å². The van der Waals surface area contributed by atoms with Gasteiger partial charge >= 0.3 is 0 Å². The molecule has 13 heavy (non-hydrogen) atoms. The van der Waals surface area contributed by atoms with Crippen LogP contribution in [-0.4, -0.2) is 30.9 Å². The van der Waals surface area contributed by atoms with Crippen molar-refractivity contribution >= 4 is 21.8 Å². The van der Waals surface area contributed by atoms with E-state index in [1.807, 2.05) is 13.2 Å².